The number of rotatable bonds is 4. The zero-order valence-electron chi connectivity index (χ0n) is 12.2. The van der Waals surface area contributed by atoms with E-state index in [0.717, 1.165) is 0 Å². The van der Waals surface area contributed by atoms with Gasteiger partial charge >= 0.3 is 15.5 Å². The summed E-state index contributed by atoms with van der Waals surface area (Å²) < 4.78 is 67.0. The fraction of sp³-hybridized carbons (Fsp3) is 0.538. The molecule has 5 nitrogen and oxygen atoms in total. The molecular formula is C13H15Cl2F3N2O3S. The molecule has 0 radical (unpaired) electrons. The molecule has 24 heavy (non-hydrogen) atoms. The van der Waals surface area contributed by atoms with Crippen LogP contribution in [0.5, 0.6) is 0 Å². The van der Waals surface area contributed by atoms with Crippen molar-refractivity contribution in [2.45, 2.75) is 11.6 Å². The van der Waals surface area contributed by atoms with Crippen molar-refractivity contribution in [1.29, 1.82) is 0 Å². The molecule has 0 aromatic heterocycles. The third kappa shape index (κ3) is 4.74. The molecule has 0 spiro atoms. The van der Waals surface area contributed by atoms with Crippen LogP contribution in [0.25, 0.3) is 0 Å². The smallest absolute Gasteiger partial charge is 0.372 e. The molecule has 0 saturated carbocycles. The summed E-state index contributed by atoms with van der Waals surface area (Å²) >= 11 is 11.8. The average Bonchev–Trinajstić information content (AvgIpc) is 2.72. The number of nitrogens with one attached hydrogen (secondary N) is 2. The van der Waals surface area contributed by atoms with Crippen molar-refractivity contribution in [2.75, 3.05) is 26.2 Å². The molecule has 0 aliphatic carbocycles. The lowest BCUT2D eigenvalue weighted by Crippen LogP contribution is -2.42. The monoisotopic (exact) mass is 406 g/mol. The van der Waals surface area contributed by atoms with E-state index in [4.69, 9.17) is 27.9 Å². The van der Waals surface area contributed by atoms with Crippen LogP contribution in [-0.4, -0.2) is 40.2 Å². The van der Waals surface area contributed by atoms with E-state index in [1.54, 1.807) is 22.9 Å². The van der Waals surface area contributed by atoms with E-state index in [2.05, 4.69) is 5.32 Å². The summed E-state index contributed by atoms with van der Waals surface area (Å²) in [5.41, 5.74) is -4.74. The summed E-state index contributed by atoms with van der Waals surface area (Å²) in [6.07, 6.45) is -0.620. The standard InChI is InChI=1S/C13H15Cl2F3N2O3S/c14-10-2-1-8(5-11(10)15)12-9(6-19-3-4-23-12)7-20-24(21,22)13(16,17)18/h1-2,5,9,12,19-20H,3-4,6-7H2. The minimum Gasteiger partial charge on any atom is -0.372 e. The molecule has 0 amide bonds. The van der Waals surface area contributed by atoms with Gasteiger partial charge in [0.05, 0.1) is 22.8 Å². The second-order valence-electron chi connectivity index (χ2n) is 5.23. The van der Waals surface area contributed by atoms with Crippen LogP contribution in [-0.2, 0) is 14.8 Å². The molecular weight excluding hydrogens is 392 g/mol. The number of ether oxygens (including phenoxy) is 1. The first-order valence-electron chi connectivity index (χ1n) is 6.95. The lowest BCUT2D eigenvalue weighted by molar-refractivity contribution is -0.0451. The van der Waals surface area contributed by atoms with E-state index in [1.165, 1.54) is 0 Å². The van der Waals surface area contributed by atoms with Gasteiger partial charge in [-0.25, -0.2) is 13.1 Å². The van der Waals surface area contributed by atoms with Gasteiger partial charge in [-0.15, -0.1) is 0 Å². The molecule has 1 heterocycles. The van der Waals surface area contributed by atoms with Crippen molar-refractivity contribution in [1.82, 2.24) is 10.0 Å². The van der Waals surface area contributed by atoms with Crippen LogP contribution in [0.3, 0.4) is 0 Å². The quantitative estimate of drug-likeness (QED) is 0.806. The van der Waals surface area contributed by atoms with Crippen molar-refractivity contribution in [3.63, 3.8) is 0 Å². The minimum absolute atomic E-state index is 0.282. The van der Waals surface area contributed by atoms with Gasteiger partial charge in [-0.3, -0.25) is 0 Å². The summed E-state index contributed by atoms with van der Waals surface area (Å²) in [4.78, 5) is 0. The van der Waals surface area contributed by atoms with Gasteiger partial charge in [-0.2, -0.15) is 13.2 Å². The second kappa shape index (κ2) is 7.76. The van der Waals surface area contributed by atoms with Crippen molar-refractivity contribution in [3.05, 3.63) is 33.8 Å². The summed E-state index contributed by atoms with van der Waals surface area (Å²) in [7, 11) is -5.41. The van der Waals surface area contributed by atoms with E-state index in [9.17, 15) is 21.6 Å². The van der Waals surface area contributed by atoms with Crippen molar-refractivity contribution < 1.29 is 26.3 Å². The molecule has 1 aromatic rings. The summed E-state index contributed by atoms with van der Waals surface area (Å²) in [5, 5.41) is 3.61. The summed E-state index contributed by atoms with van der Waals surface area (Å²) in [5.74, 6) is -0.554. The molecule has 136 valence electrons. The first-order valence-corrected chi connectivity index (χ1v) is 9.19. The average molecular weight is 407 g/mol. The lowest BCUT2D eigenvalue weighted by atomic mass is 9.95. The van der Waals surface area contributed by atoms with Gasteiger partial charge in [-0.1, -0.05) is 29.3 Å². The van der Waals surface area contributed by atoms with Crippen LogP contribution < -0.4 is 10.0 Å². The van der Waals surface area contributed by atoms with E-state index >= 15 is 0 Å². The molecule has 2 rings (SSSR count). The maximum absolute atomic E-state index is 12.5. The fourth-order valence-corrected chi connectivity index (χ4v) is 3.23. The number of hydrogen-bond acceptors (Lipinski definition) is 4. The molecule has 1 aliphatic heterocycles. The SMILES string of the molecule is O=S(=O)(NCC1CNCCOC1c1ccc(Cl)c(Cl)c1)C(F)(F)F. The Balaban J connectivity index is 2.19. The third-order valence-electron chi connectivity index (χ3n) is 3.52. The molecule has 0 bridgehead atoms. The third-order valence-corrected chi connectivity index (χ3v) is 5.42. The molecule has 2 N–H and O–H groups in total. The molecule has 11 heteroatoms. The van der Waals surface area contributed by atoms with Crippen molar-refractivity contribution >= 4 is 33.2 Å². The van der Waals surface area contributed by atoms with Crippen LogP contribution in [0.4, 0.5) is 13.2 Å². The zero-order valence-corrected chi connectivity index (χ0v) is 14.6. The predicted molar refractivity (Wildman–Crippen MR) is 84.5 cm³/mol. The van der Waals surface area contributed by atoms with Crippen molar-refractivity contribution in [2.24, 2.45) is 5.92 Å². The zero-order chi connectivity index (χ0) is 18.0. The second-order valence-corrected chi connectivity index (χ2v) is 7.80. The van der Waals surface area contributed by atoms with Gasteiger partial charge < -0.3 is 10.1 Å². The van der Waals surface area contributed by atoms with E-state index in [0.29, 0.717) is 23.7 Å². The van der Waals surface area contributed by atoms with Gasteiger partial charge in [0.1, 0.15) is 0 Å². The van der Waals surface area contributed by atoms with Gasteiger partial charge in [0.2, 0.25) is 0 Å². The molecule has 1 aromatic carbocycles. The van der Waals surface area contributed by atoms with E-state index in [1.807, 2.05) is 0 Å². The first kappa shape index (κ1) is 19.7. The Labute approximate surface area is 147 Å². The minimum atomic E-state index is -5.41. The number of benzene rings is 1. The Kier molecular flexibility index (Phi) is 6.38. The maximum atomic E-state index is 12.5. The highest BCUT2D eigenvalue weighted by Gasteiger charge is 2.46. The Morgan fingerprint density at radius 3 is 2.62 bits per heavy atom. The molecule has 2 unspecified atom stereocenters. The molecule has 1 saturated heterocycles. The molecule has 1 aliphatic rings. The van der Waals surface area contributed by atoms with Gasteiger partial charge in [-0.05, 0) is 17.7 Å². The van der Waals surface area contributed by atoms with Gasteiger partial charge in [0.25, 0.3) is 0 Å². The fourth-order valence-electron chi connectivity index (χ4n) is 2.32. The normalized spacial score (nSPS) is 23.0. The lowest BCUT2D eigenvalue weighted by Gasteiger charge is -2.25. The van der Waals surface area contributed by atoms with Crippen LogP contribution in [0.2, 0.25) is 10.0 Å². The van der Waals surface area contributed by atoms with Gasteiger partial charge in [0, 0.05) is 25.6 Å². The van der Waals surface area contributed by atoms with Crippen LogP contribution in [0, 0.1) is 5.92 Å². The van der Waals surface area contributed by atoms with Crippen LogP contribution in [0.1, 0.15) is 11.7 Å². The van der Waals surface area contributed by atoms with Crippen LogP contribution >= 0.6 is 23.2 Å². The highest BCUT2D eigenvalue weighted by atomic mass is 35.5. The van der Waals surface area contributed by atoms with E-state index in [-0.39, 0.29) is 11.6 Å². The van der Waals surface area contributed by atoms with Crippen LogP contribution in [0.15, 0.2) is 18.2 Å². The highest BCUT2D eigenvalue weighted by Crippen LogP contribution is 2.32. The Hall–Kier alpha value is -0.580. The number of hydrogen-bond donors (Lipinski definition) is 2. The Bertz CT molecular complexity index is 686. The Morgan fingerprint density at radius 1 is 1.29 bits per heavy atom. The predicted octanol–water partition coefficient (Wildman–Crippen LogP) is 2.71. The first-order chi connectivity index (χ1) is 11.1. The molecule has 1 fully saturated rings. The summed E-state index contributed by atoms with van der Waals surface area (Å²) in [6, 6.07) is 4.76. The number of alkyl halides is 3. The molecule has 2 atom stereocenters. The highest BCUT2D eigenvalue weighted by molar-refractivity contribution is 7.90. The van der Waals surface area contributed by atoms with Gasteiger partial charge in [0.15, 0.2) is 0 Å². The van der Waals surface area contributed by atoms with Crippen molar-refractivity contribution in [3.8, 4) is 0 Å². The maximum Gasteiger partial charge on any atom is 0.511 e. The summed E-state index contributed by atoms with van der Waals surface area (Å²) in [6.45, 7) is 0.679. The topological polar surface area (TPSA) is 67.4 Å². The largest absolute Gasteiger partial charge is 0.511 e. The number of halogens is 5. The Morgan fingerprint density at radius 2 is 2.00 bits per heavy atom. The number of sulfonamides is 1. The van der Waals surface area contributed by atoms with E-state index < -0.39 is 34.1 Å².